The van der Waals surface area contributed by atoms with Gasteiger partial charge in [0.25, 0.3) is 5.91 Å². The molecule has 162 valence electrons. The first-order chi connectivity index (χ1) is 15.5. The molecule has 1 unspecified atom stereocenters. The highest BCUT2D eigenvalue weighted by molar-refractivity contribution is 6.30. The van der Waals surface area contributed by atoms with E-state index in [1.165, 1.54) is 5.56 Å². The van der Waals surface area contributed by atoms with Gasteiger partial charge in [-0.2, -0.15) is 0 Å². The Labute approximate surface area is 192 Å². The second kappa shape index (κ2) is 8.06. The molecule has 3 heterocycles. The molecule has 0 radical (unpaired) electrons. The fraction of sp³-hybridized carbons (Fsp3) is 0.269. The molecule has 1 aromatic heterocycles. The van der Waals surface area contributed by atoms with Crippen LogP contribution in [-0.2, 0) is 23.3 Å². The zero-order chi connectivity index (χ0) is 22.3. The second-order valence-corrected chi connectivity index (χ2v) is 8.92. The van der Waals surface area contributed by atoms with Crippen LogP contribution in [0.15, 0.2) is 66.9 Å². The van der Waals surface area contributed by atoms with Gasteiger partial charge in [-0.1, -0.05) is 53.6 Å². The van der Waals surface area contributed by atoms with E-state index >= 15 is 0 Å². The van der Waals surface area contributed by atoms with Gasteiger partial charge in [0.2, 0.25) is 5.91 Å². The molecular weight excluding hydrogens is 422 g/mol. The lowest BCUT2D eigenvalue weighted by Crippen LogP contribution is -2.58. The molecule has 2 amide bonds. The highest BCUT2D eigenvalue weighted by atomic mass is 35.5. The third kappa shape index (κ3) is 3.37. The molecule has 1 fully saturated rings. The standard InChI is InChI=1S/C26H24ClN3O2/c1-18-4-6-19(7-5-18)8-13-24(31)29-15-16-30-25(32)22-3-2-14-28-23(22)17-26(29,30)20-9-11-21(27)12-10-20/h2-7,9-12,14H,8,13,15-17H2,1H3. The van der Waals surface area contributed by atoms with Crippen LogP contribution in [0.4, 0.5) is 0 Å². The number of rotatable bonds is 4. The van der Waals surface area contributed by atoms with Crippen molar-refractivity contribution < 1.29 is 9.59 Å². The SMILES string of the molecule is Cc1ccc(CCC(=O)N2CCN3C(=O)c4cccnc4CC23c2ccc(Cl)cc2)cc1. The van der Waals surface area contributed by atoms with E-state index in [9.17, 15) is 9.59 Å². The van der Waals surface area contributed by atoms with Crippen LogP contribution in [-0.4, -0.2) is 39.7 Å². The quantitative estimate of drug-likeness (QED) is 0.599. The number of nitrogens with zero attached hydrogens (tertiary/aromatic N) is 3. The summed E-state index contributed by atoms with van der Waals surface area (Å²) < 4.78 is 0. The Bertz CT molecular complexity index is 1180. The number of benzene rings is 2. The Hall–Kier alpha value is -3.18. The van der Waals surface area contributed by atoms with Crippen LogP contribution in [0.3, 0.4) is 0 Å². The number of halogens is 1. The van der Waals surface area contributed by atoms with Crippen LogP contribution in [0.2, 0.25) is 5.02 Å². The number of fused-ring (bicyclic) bond motifs is 2. The van der Waals surface area contributed by atoms with E-state index in [1.54, 1.807) is 12.3 Å². The maximum absolute atomic E-state index is 13.5. The summed E-state index contributed by atoms with van der Waals surface area (Å²) >= 11 is 6.16. The molecule has 2 aromatic carbocycles. The van der Waals surface area contributed by atoms with Crippen LogP contribution in [0.25, 0.3) is 0 Å². The number of amides is 2. The van der Waals surface area contributed by atoms with Crippen LogP contribution in [0.5, 0.6) is 0 Å². The lowest BCUT2D eigenvalue weighted by molar-refractivity contribution is -0.139. The summed E-state index contributed by atoms with van der Waals surface area (Å²) in [5, 5.41) is 0.618. The highest BCUT2D eigenvalue weighted by Gasteiger charge is 2.55. The Morgan fingerprint density at radius 3 is 2.56 bits per heavy atom. The van der Waals surface area contributed by atoms with Crippen LogP contribution in [0.1, 0.15) is 39.2 Å². The van der Waals surface area contributed by atoms with Gasteiger partial charge in [0.15, 0.2) is 0 Å². The molecule has 32 heavy (non-hydrogen) atoms. The fourth-order valence-corrected chi connectivity index (χ4v) is 5.06. The van der Waals surface area contributed by atoms with E-state index in [-0.39, 0.29) is 11.8 Å². The number of hydrogen-bond donors (Lipinski definition) is 0. The molecule has 6 heteroatoms. The third-order valence-electron chi connectivity index (χ3n) is 6.58. The molecule has 2 aliphatic rings. The molecule has 1 saturated heterocycles. The van der Waals surface area contributed by atoms with Gasteiger partial charge < -0.3 is 9.80 Å². The van der Waals surface area contributed by atoms with Gasteiger partial charge in [0, 0.05) is 37.2 Å². The van der Waals surface area contributed by atoms with E-state index < -0.39 is 5.66 Å². The van der Waals surface area contributed by atoms with Gasteiger partial charge in [-0.25, -0.2) is 0 Å². The maximum atomic E-state index is 13.5. The molecule has 1 atom stereocenters. The summed E-state index contributed by atoms with van der Waals surface area (Å²) in [5.41, 5.74) is 3.67. The predicted octanol–water partition coefficient (Wildman–Crippen LogP) is 4.37. The van der Waals surface area contributed by atoms with Crippen molar-refractivity contribution in [3.05, 3.63) is 99.8 Å². The smallest absolute Gasteiger partial charge is 0.257 e. The monoisotopic (exact) mass is 445 g/mol. The number of aryl methyl sites for hydroxylation is 2. The molecule has 2 aliphatic heterocycles. The largest absolute Gasteiger partial charge is 0.313 e. The highest BCUT2D eigenvalue weighted by Crippen LogP contribution is 2.44. The average molecular weight is 446 g/mol. The molecule has 0 saturated carbocycles. The maximum Gasteiger partial charge on any atom is 0.257 e. The zero-order valence-electron chi connectivity index (χ0n) is 17.9. The molecule has 0 aliphatic carbocycles. The summed E-state index contributed by atoms with van der Waals surface area (Å²) in [6, 6.07) is 19.3. The summed E-state index contributed by atoms with van der Waals surface area (Å²) in [6.45, 7) is 3.04. The number of carbonyl (C=O) groups excluding carboxylic acids is 2. The summed E-state index contributed by atoms with van der Waals surface area (Å²) in [7, 11) is 0. The average Bonchev–Trinajstić information content (AvgIpc) is 3.20. The van der Waals surface area contributed by atoms with E-state index in [1.807, 2.05) is 40.1 Å². The van der Waals surface area contributed by atoms with Crippen LogP contribution >= 0.6 is 11.6 Å². The van der Waals surface area contributed by atoms with Crippen molar-refractivity contribution in [3.8, 4) is 0 Å². The summed E-state index contributed by atoms with van der Waals surface area (Å²) in [5.74, 6) is -0.0432. The normalized spacial score (nSPS) is 19.6. The van der Waals surface area contributed by atoms with Crippen molar-refractivity contribution in [3.63, 3.8) is 0 Å². The Balaban J connectivity index is 1.52. The van der Waals surface area contributed by atoms with Crippen LogP contribution < -0.4 is 0 Å². The zero-order valence-corrected chi connectivity index (χ0v) is 18.7. The van der Waals surface area contributed by atoms with E-state index in [0.29, 0.717) is 42.9 Å². The second-order valence-electron chi connectivity index (χ2n) is 8.49. The first kappa shape index (κ1) is 20.7. The molecular formula is C26H24ClN3O2. The van der Waals surface area contributed by atoms with Gasteiger partial charge in [-0.15, -0.1) is 0 Å². The lowest BCUT2D eigenvalue weighted by Gasteiger charge is -2.47. The summed E-state index contributed by atoms with van der Waals surface area (Å²) in [6.07, 6.45) is 3.22. The minimum absolute atomic E-state index is 0.0372. The van der Waals surface area contributed by atoms with Gasteiger partial charge in [-0.05, 0) is 48.7 Å². The minimum Gasteiger partial charge on any atom is -0.313 e. The Kier molecular flexibility index (Phi) is 5.22. The Morgan fingerprint density at radius 1 is 1.06 bits per heavy atom. The summed E-state index contributed by atoms with van der Waals surface area (Å²) in [4.78, 5) is 35.2. The van der Waals surface area contributed by atoms with Crippen molar-refractivity contribution in [2.45, 2.75) is 31.8 Å². The molecule has 0 spiro atoms. The van der Waals surface area contributed by atoms with Crippen LogP contribution in [0, 0.1) is 6.92 Å². The van der Waals surface area contributed by atoms with Gasteiger partial charge in [-0.3, -0.25) is 14.6 Å². The number of hydrogen-bond acceptors (Lipinski definition) is 3. The van der Waals surface area contributed by atoms with Gasteiger partial charge in [0.05, 0.1) is 11.3 Å². The topological polar surface area (TPSA) is 53.5 Å². The third-order valence-corrected chi connectivity index (χ3v) is 6.83. The number of aromatic nitrogens is 1. The van der Waals surface area contributed by atoms with Crippen molar-refractivity contribution in [2.75, 3.05) is 13.1 Å². The van der Waals surface area contributed by atoms with E-state index in [4.69, 9.17) is 11.6 Å². The van der Waals surface area contributed by atoms with Gasteiger partial charge >= 0.3 is 0 Å². The molecule has 5 nitrogen and oxygen atoms in total. The van der Waals surface area contributed by atoms with Crippen molar-refractivity contribution in [1.82, 2.24) is 14.8 Å². The molecule has 0 N–H and O–H groups in total. The molecule has 0 bridgehead atoms. The van der Waals surface area contributed by atoms with E-state index in [2.05, 4.69) is 36.2 Å². The van der Waals surface area contributed by atoms with Gasteiger partial charge in [0.1, 0.15) is 5.66 Å². The minimum atomic E-state index is -0.882. The number of pyridine rings is 1. The van der Waals surface area contributed by atoms with E-state index in [0.717, 1.165) is 16.8 Å². The first-order valence-electron chi connectivity index (χ1n) is 10.9. The molecule has 5 rings (SSSR count). The first-order valence-corrected chi connectivity index (χ1v) is 11.2. The molecule has 3 aromatic rings. The predicted molar refractivity (Wildman–Crippen MR) is 123 cm³/mol. The van der Waals surface area contributed by atoms with Crippen molar-refractivity contribution in [1.29, 1.82) is 0 Å². The number of carbonyl (C=O) groups is 2. The lowest BCUT2D eigenvalue weighted by atomic mass is 9.86. The van der Waals surface area contributed by atoms with Crippen molar-refractivity contribution in [2.24, 2.45) is 0 Å². The Morgan fingerprint density at radius 2 is 1.81 bits per heavy atom. The van der Waals surface area contributed by atoms with Crippen molar-refractivity contribution >= 4 is 23.4 Å². The fourth-order valence-electron chi connectivity index (χ4n) is 4.93.